The molecule has 0 aliphatic carbocycles. The van der Waals surface area contributed by atoms with Crippen molar-refractivity contribution in [3.8, 4) is 23.1 Å². The average molecular weight is 576 g/mol. The Hall–Kier alpha value is -4.90. The number of carbonyl (C=O) groups excluding carboxylic acids is 1. The van der Waals surface area contributed by atoms with Crippen LogP contribution in [-0.4, -0.2) is 62.4 Å². The number of nitrogens with zero attached hydrogens (tertiary/aromatic N) is 4. The van der Waals surface area contributed by atoms with E-state index in [-0.39, 0.29) is 17.6 Å². The van der Waals surface area contributed by atoms with Crippen LogP contribution in [0.2, 0.25) is 0 Å². The van der Waals surface area contributed by atoms with Crippen LogP contribution in [0.3, 0.4) is 0 Å². The summed E-state index contributed by atoms with van der Waals surface area (Å²) in [5.74, 6) is 0.703. The summed E-state index contributed by atoms with van der Waals surface area (Å²) in [6.45, 7) is 4.82. The number of nitrogens with one attached hydrogen (secondary N) is 1. The molecule has 0 saturated heterocycles. The van der Waals surface area contributed by atoms with Gasteiger partial charge in [0.15, 0.2) is 11.6 Å². The molecule has 0 aliphatic heterocycles. The van der Waals surface area contributed by atoms with Gasteiger partial charge in [-0.3, -0.25) is 0 Å². The van der Waals surface area contributed by atoms with E-state index in [1.165, 1.54) is 36.4 Å². The number of aryl methyl sites for hydroxylation is 2. The summed E-state index contributed by atoms with van der Waals surface area (Å²) < 4.78 is 36.8. The molecule has 4 aromatic rings. The van der Waals surface area contributed by atoms with Crippen molar-refractivity contribution in [3.05, 3.63) is 83.8 Å². The Morgan fingerprint density at radius 2 is 1.71 bits per heavy atom. The summed E-state index contributed by atoms with van der Waals surface area (Å²) >= 11 is 0. The standard InChI is InChI=1S/C31H34FN5O5/c1-20-8-7-9-21(2)29(20)37(25-12-11-23(39-5)19-27(25)40-6)31(38)42-28-14-15-33-30(35-28)34-22-10-13-26(24(32)18-22)41-17-16-36(3)4/h7-15,18-19H,16-17H2,1-6H3,(H,33,34,35). The molecule has 0 spiro atoms. The van der Waals surface area contributed by atoms with E-state index in [9.17, 15) is 9.18 Å². The number of benzene rings is 3. The number of para-hydroxylation sites is 1. The molecule has 220 valence electrons. The molecule has 0 radical (unpaired) electrons. The minimum absolute atomic E-state index is 0.00896. The van der Waals surface area contributed by atoms with Crippen LogP contribution in [0.25, 0.3) is 0 Å². The fourth-order valence-corrected chi connectivity index (χ4v) is 4.20. The molecule has 4 rings (SSSR count). The lowest BCUT2D eigenvalue weighted by molar-refractivity contribution is 0.208. The monoisotopic (exact) mass is 575 g/mol. The van der Waals surface area contributed by atoms with Crippen LogP contribution in [0.15, 0.2) is 66.9 Å². The van der Waals surface area contributed by atoms with E-state index in [1.54, 1.807) is 31.4 Å². The second kappa shape index (κ2) is 13.6. The highest BCUT2D eigenvalue weighted by Crippen LogP contribution is 2.39. The van der Waals surface area contributed by atoms with Crippen molar-refractivity contribution in [1.29, 1.82) is 0 Å². The van der Waals surface area contributed by atoms with Crippen molar-refractivity contribution in [2.45, 2.75) is 13.8 Å². The predicted molar refractivity (Wildman–Crippen MR) is 159 cm³/mol. The van der Waals surface area contributed by atoms with Crippen molar-refractivity contribution in [2.75, 3.05) is 51.7 Å². The molecule has 1 amide bonds. The van der Waals surface area contributed by atoms with Crippen molar-refractivity contribution in [3.63, 3.8) is 0 Å². The number of rotatable bonds is 11. The quantitative estimate of drug-likeness (QED) is 0.222. The molecule has 1 aromatic heterocycles. The molecular weight excluding hydrogens is 541 g/mol. The number of carbonyl (C=O) groups is 1. The van der Waals surface area contributed by atoms with Crippen LogP contribution in [0.1, 0.15) is 11.1 Å². The Labute approximate surface area is 244 Å². The Morgan fingerprint density at radius 1 is 0.952 bits per heavy atom. The summed E-state index contributed by atoms with van der Waals surface area (Å²) in [5, 5.41) is 2.94. The molecule has 0 unspecified atom stereocenters. The number of methoxy groups -OCH3 is 2. The van der Waals surface area contributed by atoms with E-state index < -0.39 is 11.9 Å². The maximum atomic E-state index is 14.6. The first-order chi connectivity index (χ1) is 20.2. The van der Waals surface area contributed by atoms with Crippen LogP contribution in [0, 0.1) is 19.7 Å². The maximum absolute atomic E-state index is 14.6. The summed E-state index contributed by atoms with van der Waals surface area (Å²) in [5.41, 5.74) is 3.20. The third kappa shape index (κ3) is 7.24. The molecule has 11 heteroatoms. The minimum Gasteiger partial charge on any atom is -0.497 e. The summed E-state index contributed by atoms with van der Waals surface area (Å²) in [7, 11) is 6.89. The zero-order chi connectivity index (χ0) is 30.2. The van der Waals surface area contributed by atoms with Gasteiger partial charge in [-0.25, -0.2) is 19.1 Å². The predicted octanol–water partition coefficient (Wildman–Crippen LogP) is 6.27. The first kappa shape index (κ1) is 30.1. The van der Waals surface area contributed by atoms with E-state index >= 15 is 0 Å². The number of ether oxygens (including phenoxy) is 4. The summed E-state index contributed by atoms with van der Waals surface area (Å²) in [6, 6.07) is 16.8. The van der Waals surface area contributed by atoms with Crippen LogP contribution >= 0.6 is 0 Å². The van der Waals surface area contributed by atoms with Gasteiger partial charge in [-0.1, -0.05) is 18.2 Å². The number of likely N-dealkylation sites (N-methyl/N-ethyl adjacent to an activating group) is 1. The molecule has 42 heavy (non-hydrogen) atoms. The van der Waals surface area contributed by atoms with Gasteiger partial charge in [0, 0.05) is 36.6 Å². The second-order valence-corrected chi connectivity index (χ2v) is 9.62. The van der Waals surface area contributed by atoms with E-state index in [0.717, 1.165) is 11.1 Å². The van der Waals surface area contributed by atoms with Gasteiger partial charge in [0.25, 0.3) is 0 Å². The Balaban J connectivity index is 1.59. The largest absolute Gasteiger partial charge is 0.497 e. The van der Waals surface area contributed by atoms with E-state index in [2.05, 4.69) is 15.3 Å². The SMILES string of the molecule is COc1ccc(N(C(=O)Oc2ccnc(Nc3ccc(OCCN(C)C)c(F)c3)n2)c2c(C)cccc2C)c(OC)c1. The molecule has 1 heterocycles. The summed E-state index contributed by atoms with van der Waals surface area (Å²) in [4.78, 5) is 25.7. The Morgan fingerprint density at radius 3 is 2.38 bits per heavy atom. The third-order valence-corrected chi connectivity index (χ3v) is 6.28. The van der Waals surface area contributed by atoms with Crippen molar-refractivity contribution in [1.82, 2.24) is 14.9 Å². The zero-order valence-corrected chi connectivity index (χ0v) is 24.5. The molecule has 1 N–H and O–H groups in total. The molecule has 0 saturated carbocycles. The maximum Gasteiger partial charge on any atom is 0.425 e. The molecule has 0 aliphatic rings. The van der Waals surface area contributed by atoms with E-state index in [0.29, 0.717) is 41.7 Å². The zero-order valence-electron chi connectivity index (χ0n) is 24.5. The number of aromatic nitrogens is 2. The molecule has 0 bridgehead atoms. The Kier molecular flexibility index (Phi) is 9.77. The van der Waals surface area contributed by atoms with Crippen LogP contribution in [0.4, 0.5) is 32.2 Å². The molecule has 10 nitrogen and oxygen atoms in total. The fourth-order valence-electron chi connectivity index (χ4n) is 4.20. The number of anilines is 4. The molecule has 0 atom stereocenters. The fraction of sp³-hybridized carbons (Fsp3) is 0.258. The van der Waals surface area contributed by atoms with Crippen LogP contribution in [0.5, 0.6) is 23.1 Å². The lowest BCUT2D eigenvalue weighted by atomic mass is 10.1. The van der Waals surface area contributed by atoms with E-state index in [4.69, 9.17) is 18.9 Å². The Bertz CT molecular complexity index is 1530. The normalized spacial score (nSPS) is 10.8. The van der Waals surface area contributed by atoms with E-state index in [1.807, 2.05) is 51.0 Å². The number of hydrogen-bond acceptors (Lipinski definition) is 9. The lowest BCUT2D eigenvalue weighted by Crippen LogP contribution is -2.31. The first-order valence-electron chi connectivity index (χ1n) is 13.2. The van der Waals surface area contributed by atoms with Gasteiger partial charge in [-0.05, 0) is 63.3 Å². The average Bonchev–Trinajstić information content (AvgIpc) is 2.96. The van der Waals surface area contributed by atoms with Gasteiger partial charge < -0.3 is 29.2 Å². The first-order valence-corrected chi connectivity index (χ1v) is 13.2. The molecule has 0 fully saturated rings. The highest BCUT2D eigenvalue weighted by molar-refractivity contribution is 6.00. The van der Waals surface area contributed by atoms with Gasteiger partial charge in [0.1, 0.15) is 18.1 Å². The van der Waals surface area contributed by atoms with Gasteiger partial charge in [0.2, 0.25) is 11.8 Å². The number of amides is 1. The van der Waals surface area contributed by atoms with Gasteiger partial charge in [-0.15, -0.1) is 0 Å². The number of hydrogen-bond donors (Lipinski definition) is 1. The third-order valence-electron chi connectivity index (χ3n) is 6.28. The van der Waals surface area contributed by atoms with Crippen molar-refractivity contribution >= 4 is 29.1 Å². The highest BCUT2D eigenvalue weighted by Gasteiger charge is 2.27. The smallest absolute Gasteiger partial charge is 0.425 e. The van der Waals surface area contributed by atoms with Crippen molar-refractivity contribution < 1.29 is 28.1 Å². The topological polar surface area (TPSA) is 98.3 Å². The van der Waals surface area contributed by atoms with Gasteiger partial charge >= 0.3 is 6.09 Å². The number of halogens is 1. The van der Waals surface area contributed by atoms with Gasteiger partial charge in [0.05, 0.1) is 25.6 Å². The van der Waals surface area contributed by atoms with Gasteiger partial charge in [-0.2, -0.15) is 4.98 Å². The molecule has 3 aromatic carbocycles. The lowest BCUT2D eigenvalue weighted by Gasteiger charge is -2.27. The highest BCUT2D eigenvalue weighted by atomic mass is 19.1. The van der Waals surface area contributed by atoms with Crippen LogP contribution in [-0.2, 0) is 0 Å². The molecular formula is C31H34FN5O5. The second-order valence-electron chi connectivity index (χ2n) is 9.62. The van der Waals surface area contributed by atoms with Crippen LogP contribution < -0.4 is 29.2 Å². The summed E-state index contributed by atoms with van der Waals surface area (Å²) in [6.07, 6.45) is 0.718. The van der Waals surface area contributed by atoms with Crippen molar-refractivity contribution in [2.24, 2.45) is 0 Å². The minimum atomic E-state index is -0.717.